The molecule has 0 amide bonds. The second-order valence-electron chi connectivity index (χ2n) is 18.9. The van der Waals surface area contributed by atoms with Crippen molar-refractivity contribution >= 4 is 58.4 Å². The zero-order valence-electron chi connectivity index (χ0n) is 38.6. The Labute approximate surface area is 398 Å². The number of hydrogen-bond acceptors (Lipinski definition) is 2. The number of benzene rings is 9. The summed E-state index contributed by atoms with van der Waals surface area (Å²) in [7, 11) is 0. The van der Waals surface area contributed by atoms with Crippen molar-refractivity contribution in [3.8, 4) is 22.3 Å². The molecule has 2 aliphatic carbocycles. The number of rotatable bonds is 10. The number of hydrogen-bond donors (Lipinski definition) is 0. The quantitative estimate of drug-likeness (QED) is 0.126. The number of anilines is 6. The lowest BCUT2D eigenvalue weighted by Gasteiger charge is -2.28. The molecular weight excluding hydrogens is 835 g/mol. The molecule has 2 nitrogen and oxygen atoms in total. The normalized spacial score (nSPS) is 13.9. The molecule has 0 saturated heterocycles. The van der Waals surface area contributed by atoms with Crippen LogP contribution in [0.25, 0.3) is 46.6 Å². The lowest BCUT2D eigenvalue weighted by Crippen LogP contribution is -2.16. The molecule has 0 aliphatic heterocycles. The summed E-state index contributed by atoms with van der Waals surface area (Å²) >= 11 is 0. The van der Waals surface area contributed by atoms with Gasteiger partial charge in [-0.25, -0.2) is 8.78 Å². The first kappa shape index (κ1) is 42.5. The van der Waals surface area contributed by atoms with Crippen LogP contribution in [-0.4, -0.2) is 0 Å². The number of fused-ring (bicyclic) bond motifs is 6. The third kappa shape index (κ3) is 7.72. The lowest BCUT2D eigenvalue weighted by atomic mass is 9.81. The van der Waals surface area contributed by atoms with Crippen molar-refractivity contribution in [3.05, 3.63) is 262 Å². The van der Waals surface area contributed by atoms with Crippen LogP contribution in [0, 0.1) is 11.6 Å². The molecule has 0 radical (unpaired) electrons. The Morgan fingerprint density at radius 2 is 0.574 bits per heavy atom. The maximum atomic E-state index is 14.0. The van der Waals surface area contributed by atoms with Crippen molar-refractivity contribution in [2.24, 2.45) is 0 Å². The molecule has 9 aromatic carbocycles. The average molecular weight is 885 g/mol. The van der Waals surface area contributed by atoms with Gasteiger partial charge in [0.25, 0.3) is 0 Å². The Kier molecular flexibility index (Phi) is 10.6. The van der Waals surface area contributed by atoms with Gasteiger partial charge in [0.05, 0.1) is 0 Å². The van der Waals surface area contributed by atoms with Gasteiger partial charge in [-0.3, -0.25) is 0 Å². The predicted molar refractivity (Wildman–Crippen MR) is 282 cm³/mol. The standard InChI is InChI=1S/C64H50F2N2/c1-63(2)59-39-45(23-35-55(59)57-37-33-53(41-61(57)63)67(49-11-7-5-8-12-49)51-29-25-47(65)26-30-51)21-19-43-15-17-44(18-16-43)20-22-46-24-36-56-58-38-34-54(42-62(58)64(3,4)60(56)40-46)68(50-13-9-6-10-14-50)52-31-27-48(66)28-32-52/h5-42H,1-4H3. The van der Waals surface area contributed by atoms with Crippen molar-refractivity contribution < 1.29 is 8.78 Å². The van der Waals surface area contributed by atoms with E-state index >= 15 is 0 Å². The summed E-state index contributed by atoms with van der Waals surface area (Å²) < 4.78 is 28.0. The first-order valence-corrected chi connectivity index (χ1v) is 23.3. The van der Waals surface area contributed by atoms with Crippen LogP contribution in [0.1, 0.15) is 72.2 Å². The van der Waals surface area contributed by atoms with Gasteiger partial charge >= 0.3 is 0 Å². The highest BCUT2D eigenvalue weighted by Gasteiger charge is 2.37. The van der Waals surface area contributed by atoms with Gasteiger partial charge in [0.2, 0.25) is 0 Å². The van der Waals surface area contributed by atoms with Crippen LogP contribution in [0.15, 0.2) is 206 Å². The lowest BCUT2D eigenvalue weighted by molar-refractivity contribution is 0.627. The van der Waals surface area contributed by atoms with Gasteiger partial charge in [0.15, 0.2) is 0 Å². The van der Waals surface area contributed by atoms with Crippen molar-refractivity contribution in [3.63, 3.8) is 0 Å². The molecule has 0 fully saturated rings. The fourth-order valence-electron chi connectivity index (χ4n) is 10.3. The molecule has 0 unspecified atom stereocenters. The third-order valence-electron chi connectivity index (χ3n) is 14.0. The van der Waals surface area contributed by atoms with E-state index in [1.807, 2.05) is 60.7 Å². The molecule has 0 N–H and O–H groups in total. The second-order valence-corrected chi connectivity index (χ2v) is 18.9. The van der Waals surface area contributed by atoms with Gasteiger partial charge in [-0.1, -0.05) is 161 Å². The molecule has 2 aliphatic rings. The molecule has 4 heteroatoms. The Morgan fingerprint density at radius 1 is 0.294 bits per heavy atom. The van der Waals surface area contributed by atoms with Crippen LogP contribution in [0.3, 0.4) is 0 Å². The van der Waals surface area contributed by atoms with Crippen LogP contribution in [0.4, 0.5) is 42.9 Å². The van der Waals surface area contributed by atoms with E-state index in [4.69, 9.17) is 0 Å². The van der Waals surface area contributed by atoms with E-state index in [2.05, 4.69) is 183 Å². The van der Waals surface area contributed by atoms with Gasteiger partial charge in [-0.05, 0) is 164 Å². The molecule has 68 heavy (non-hydrogen) atoms. The van der Waals surface area contributed by atoms with Gasteiger partial charge in [-0.15, -0.1) is 0 Å². The van der Waals surface area contributed by atoms with Crippen molar-refractivity contribution in [1.29, 1.82) is 0 Å². The molecule has 0 atom stereocenters. The molecule has 11 rings (SSSR count). The summed E-state index contributed by atoms with van der Waals surface area (Å²) in [4.78, 5) is 4.38. The van der Waals surface area contributed by atoms with E-state index in [0.29, 0.717) is 0 Å². The largest absolute Gasteiger partial charge is 0.310 e. The van der Waals surface area contributed by atoms with Gasteiger partial charge in [0, 0.05) is 45.0 Å². The van der Waals surface area contributed by atoms with Gasteiger partial charge < -0.3 is 9.80 Å². The molecule has 0 aromatic heterocycles. The molecular formula is C64H50F2N2. The number of nitrogens with zero attached hydrogens (tertiary/aromatic N) is 2. The zero-order chi connectivity index (χ0) is 46.6. The summed E-state index contributed by atoms with van der Waals surface area (Å²) in [5.74, 6) is -0.501. The minimum absolute atomic E-state index is 0.220. The fourth-order valence-corrected chi connectivity index (χ4v) is 10.3. The van der Waals surface area contributed by atoms with Gasteiger partial charge in [0.1, 0.15) is 11.6 Å². The zero-order valence-corrected chi connectivity index (χ0v) is 38.6. The number of para-hydroxylation sites is 2. The van der Waals surface area contributed by atoms with E-state index in [1.54, 1.807) is 0 Å². The maximum Gasteiger partial charge on any atom is 0.123 e. The summed E-state index contributed by atoms with van der Waals surface area (Å²) in [6, 6.07) is 69.7. The Balaban J connectivity index is 0.796. The Hall–Kier alpha value is -8.08. The summed E-state index contributed by atoms with van der Waals surface area (Å²) in [5.41, 5.74) is 20.3. The first-order valence-electron chi connectivity index (χ1n) is 23.3. The molecule has 330 valence electrons. The third-order valence-corrected chi connectivity index (χ3v) is 14.0. The van der Waals surface area contributed by atoms with E-state index in [1.165, 1.54) is 68.8 Å². The monoisotopic (exact) mass is 884 g/mol. The topological polar surface area (TPSA) is 6.48 Å². The van der Waals surface area contributed by atoms with Crippen LogP contribution in [0.2, 0.25) is 0 Å². The Morgan fingerprint density at radius 3 is 0.941 bits per heavy atom. The molecule has 0 spiro atoms. The van der Waals surface area contributed by atoms with E-state index in [-0.39, 0.29) is 22.5 Å². The highest BCUT2D eigenvalue weighted by molar-refractivity contribution is 5.89. The minimum Gasteiger partial charge on any atom is -0.310 e. The summed E-state index contributed by atoms with van der Waals surface area (Å²) in [6.45, 7) is 9.23. The van der Waals surface area contributed by atoms with Crippen LogP contribution < -0.4 is 9.80 Å². The Bertz CT molecular complexity index is 3160. The highest BCUT2D eigenvalue weighted by atomic mass is 19.1. The highest BCUT2D eigenvalue weighted by Crippen LogP contribution is 2.53. The van der Waals surface area contributed by atoms with E-state index in [9.17, 15) is 8.78 Å². The maximum absolute atomic E-state index is 14.0. The second kappa shape index (κ2) is 17.0. The molecule has 0 saturated carbocycles. The van der Waals surface area contributed by atoms with Crippen LogP contribution in [-0.2, 0) is 10.8 Å². The van der Waals surface area contributed by atoms with Crippen LogP contribution in [0.5, 0.6) is 0 Å². The van der Waals surface area contributed by atoms with E-state index in [0.717, 1.165) is 56.4 Å². The molecule has 9 aromatic rings. The average Bonchev–Trinajstić information content (AvgIpc) is 3.73. The van der Waals surface area contributed by atoms with Gasteiger partial charge in [-0.2, -0.15) is 0 Å². The van der Waals surface area contributed by atoms with E-state index < -0.39 is 0 Å². The fraction of sp³-hybridized carbons (Fsp3) is 0.0938. The predicted octanol–water partition coefficient (Wildman–Crippen LogP) is 17.9. The minimum atomic E-state index is -0.251. The summed E-state index contributed by atoms with van der Waals surface area (Å²) in [5, 5.41) is 0. The van der Waals surface area contributed by atoms with Crippen LogP contribution >= 0.6 is 0 Å². The van der Waals surface area contributed by atoms with Crippen molar-refractivity contribution in [1.82, 2.24) is 0 Å². The van der Waals surface area contributed by atoms with Crippen molar-refractivity contribution in [2.75, 3.05) is 9.80 Å². The van der Waals surface area contributed by atoms with Crippen molar-refractivity contribution in [2.45, 2.75) is 38.5 Å². The SMILES string of the molecule is CC1(C)c2cc(C=Cc3ccc(C=Cc4ccc5c(c4)C(C)(C)c4cc(N(c6ccccc6)c6ccc(F)cc6)ccc4-5)cc3)ccc2-c2ccc(N(c3ccccc3)c3ccc(F)cc3)cc21. The molecule has 0 heterocycles. The molecule has 0 bridgehead atoms. The number of halogens is 2. The first-order chi connectivity index (χ1) is 33.0. The smallest absolute Gasteiger partial charge is 0.123 e. The summed E-state index contributed by atoms with van der Waals surface area (Å²) in [6.07, 6.45) is 8.79.